The van der Waals surface area contributed by atoms with Gasteiger partial charge in [-0.25, -0.2) is 0 Å². The van der Waals surface area contributed by atoms with Crippen LogP contribution >= 0.6 is 0 Å². The normalized spacial score (nSPS) is 13.4. The summed E-state index contributed by atoms with van der Waals surface area (Å²) in [6, 6.07) is 64.5. The van der Waals surface area contributed by atoms with Crippen molar-refractivity contribution in [2.75, 3.05) is 0 Å². The Kier molecular flexibility index (Phi) is 6.47. The number of rotatable bonds is 3. The number of hydrogen-bond acceptors (Lipinski definition) is 2. The van der Waals surface area contributed by atoms with Crippen LogP contribution in [-0.2, 0) is 5.41 Å². The predicted molar refractivity (Wildman–Crippen MR) is 219 cm³/mol. The molecule has 0 atom stereocenters. The monoisotopic (exact) mass is 689 g/mol. The Bertz CT molecular complexity index is 3020. The maximum absolute atomic E-state index is 15.2. The van der Waals surface area contributed by atoms with Gasteiger partial charge in [0.25, 0.3) is 5.56 Å². The number of nitrogens with zero attached hydrogens (tertiary/aromatic N) is 1. The number of hydrogen-bond donors (Lipinski definition) is 0. The fraction of sp³-hybridized carbons (Fsp3) is 0.0196. The highest BCUT2D eigenvalue weighted by molar-refractivity contribution is 6.16. The van der Waals surface area contributed by atoms with E-state index in [2.05, 4.69) is 115 Å². The highest BCUT2D eigenvalue weighted by Crippen LogP contribution is 2.57. The van der Waals surface area contributed by atoms with E-state index >= 15 is 4.79 Å². The quantitative estimate of drug-likeness (QED) is 0.173. The van der Waals surface area contributed by atoms with Crippen LogP contribution in [0.4, 0.5) is 0 Å². The highest BCUT2D eigenvalue weighted by Gasteiger charge is 2.51. The summed E-state index contributed by atoms with van der Waals surface area (Å²) >= 11 is 0. The average molecular weight is 690 g/mol. The first-order valence-corrected chi connectivity index (χ1v) is 18.3. The van der Waals surface area contributed by atoms with E-state index in [-0.39, 0.29) is 11.3 Å². The average Bonchev–Trinajstić information content (AvgIpc) is 3.25. The van der Waals surface area contributed by atoms with E-state index in [1.54, 1.807) is 0 Å². The molecule has 0 amide bonds. The molecule has 2 heterocycles. The number of fused-ring (bicyclic) bond motifs is 10. The minimum absolute atomic E-state index is 0.0111. The van der Waals surface area contributed by atoms with Gasteiger partial charge in [0.1, 0.15) is 0 Å². The summed E-state index contributed by atoms with van der Waals surface area (Å²) in [5.74, 6) is 0.0111. The first kappa shape index (κ1) is 30.5. The highest BCUT2D eigenvalue weighted by atomic mass is 16.1. The van der Waals surface area contributed by atoms with Crippen molar-refractivity contribution in [3.05, 3.63) is 232 Å². The maximum Gasteiger partial charge on any atom is 0.263 e. The molecule has 0 bridgehead atoms. The molecule has 8 aromatic carbocycles. The van der Waals surface area contributed by atoms with Crippen molar-refractivity contribution in [1.82, 2.24) is 4.57 Å². The van der Waals surface area contributed by atoms with E-state index in [4.69, 9.17) is 0 Å². The lowest BCUT2D eigenvalue weighted by molar-refractivity contribution is 0.103. The summed E-state index contributed by atoms with van der Waals surface area (Å²) in [7, 11) is 0. The Labute approximate surface area is 312 Å². The molecule has 0 N–H and O–H groups in total. The summed E-state index contributed by atoms with van der Waals surface area (Å²) in [5, 5.41) is 2.55. The molecule has 1 aliphatic carbocycles. The fourth-order valence-electron chi connectivity index (χ4n) is 9.25. The first-order valence-electron chi connectivity index (χ1n) is 18.3. The first-order chi connectivity index (χ1) is 26.6. The summed E-state index contributed by atoms with van der Waals surface area (Å²) in [5.41, 5.74) is 12.2. The molecule has 0 radical (unpaired) electrons. The third-order valence-electron chi connectivity index (χ3n) is 11.6. The molecule has 2 aliphatic rings. The van der Waals surface area contributed by atoms with Crippen molar-refractivity contribution < 1.29 is 4.79 Å². The van der Waals surface area contributed by atoms with Crippen molar-refractivity contribution in [1.29, 1.82) is 0 Å². The molecule has 11 rings (SSSR count). The zero-order valence-corrected chi connectivity index (χ0v) is 29.2. The molecule has 0 saturated carbocycles. The molecule has 3 heteroatoms. The molecular weight excluding hydrogens is 659 g/mol. The molecule has 0 saturated heterocycles. The summed E-state index contributed by atoms with van der Waals surface area (Å²) in [6.07, 6.45) is 0. The molecule has 252 valence electrons. The van der Waals surface area contributed by atoms with Crippen LogP contribution < -0.4 is 5.56 Å². The minimum atomic E-state index is -0.929. The summed E-state index contributed by atoms with van der Waals surface area (Å²) in [4.78, 5) is 29.7. The second kappa shape index (κ2) is 11.4. The predicted octanol–water partition coefficient (Wildman–Crippen LogP) is 11.4. The van der Waals surface area contributed by atoms with Crippen LogP contribution in [0.1, 0.15) is 38.2 Å². The van der Waals surface area contributed by atoms with E-state index in [1.807, 2.05) is 77.4 Å². The molecule has 0 fully saturated rings. The van der Waals surface area contributed by atoms with Crippen LogP contribution in [-0.4, -0.2) is 10.4 Å². The Balaban J connectivity index is 1.39. The van der Waals surface area contributed by atoms with E-state index in [0.717, 1.165) is 77.6 Å². The molecule has 3 nitrogen and oxygen atoms in total. The van der Waals surface area contributed by atoms with Gasteiger partial charge in [-0.2, -0.15) is 0 Å². The number of carbonyl (C=O) groups is 1. The van der Waals surface area contributed by atoms with Gasteiger partial charge in [0.05, 0.1) is 16.6 Å². The fourth-order valence-corrected chi connectivity index (χ4v) is 9.25. The van der Waals surface area contributed by atoms with Crippen LogP contribution in [0.15, 0.2) is 193 Å². The van der Waals surface area contributed by atoms with Crippen LogP contribution in [0.5, 0.6) is 0 Å². The van der Waals surface area contributed by atoms with E-state index in [9.17, 15) is 4.79 Å². The van der Waals surface area contributed by atoms with Crippen LogP contribution in [0.25, 0.3) is 60.7 Å². The Morgan fingerprint density at radius 1 is 0.352 bits per heavy atom. The SMILES string of the molecule is O=C1c2ccccc2C2(c3ccccc31)c1cc(-c3ccccc3)ccc1-n1c(=O)c3ccc(-c4ccccc4)cc3c3cc(-c4ccccc4)cc2c31. The zero-order valence-electron chi connectivity index (χ0n) is 29.2. The van der Waals surface area contributed by atoms with Gasteiger partial charge in [-0.3, -0.25) is 14.2 Å². The second-order valence-electron chi connectivity index (χ2n) is 14.3. The zero-order chi connectivity index (χ0) is 36.0. The molecule has 0 unspecified atom stereocenters. The lowest BCUT2D eigenvalue weighted by Crippen LogP contribution is -2.42. The summed E-state index contributed by atoms with van der Waals surface area (Å²) in [6.45, 7) is 0. The van der Waals surface area contributed by atoms with Crippen molar-refractivity contribution in [2.45, 2.75) is 5.41 Å². The maximum atomic E-state index is 15.2. The van der Waals surface area contributed by atoms with Crippen molar-refractivity contribution in [2.24, 2.45) is 0 Å². The van der Waals surface area contributed by atoms with Gasteiger partial charge in [0.15, 0.2) is 5.78 Å². The standard InChI is InChI=1S/C51H31NO2/c53-49-39-20-10-12-22-43(39)51(44-23-13-11-21-40(44)49)45-30-36(33-16-6-2-7-17-33)25-27-47(45)52-48-42(29-37(31-46(48)51)34-18-8-3-9-19-34)41-28-35(24-26-38(41)50(52)54)32-14-4-1-5-15-32/h1-31H. The Morgan fingerprint density at radius 2 is 0.833 bits per heavy atom. The summed E-state index contributed by atoms with van der Waals surface area (Å²) < 4.78 is 1.95. The molecule has 1 aromatic heterocycles. The topological polar surface area (TPSA) is 39.1 Å². The molecule has 1 spiro atoms. The van der Waals surface area contributed by atoms with Crippen molar-refractivity contribution in [3.63, 3.8) is 0 Å². The van der Waals surface area contributed by atoms with Crippen molar-refractivity contribution in [3.8, 4) is 39.1 Å². The molecular formula is C51H31NO2. The minimum Gasteiger partial charge on any atom is -0.289 e. The lowest BCUT2D eigenvalue weighted by Gasteiger charge is -2.46. The Morgan fingerprint density at radius 3 is 1.44 bits per heavy atom. The second-order valence-corrected chi connectivity index (χ2v) is 14.3. The largest absolute Gasteiger partial charge is 0.289 e. The number of pyridine rings is 1. The third kappa shape index (κ3) is 4.12. The third-order valence-corrected chi connectivity index (χ3v) is 11.6. The van der Waals surface area contributed by atoms with E-state index in [0.29, 0.717) is 16.5 Å². The number of carbonyl (C=O) groups excluding carboxylic acids is 1. The van der Waals surface area contributed by atoms with Gasteiger partial charge in [-0.15, -0.1) is 0 Å². The smallest absolute Gasteiger partial charge is 0.263 e. The van der Waals surface area contributed by atoms with Crippen molar-refractivity contribution >= 4 is 27.5 Å². The van der Waals surface area contributed by atoms with Gasteiger partial charge in [-0.1, -0.05) is 152 Å². The van der Waals surface area contributed by atoms with Gasteiger partial charge >= 0.3 is 0 Å². The van der Waals surface area contributed by atoms with Crippen LogP contribution in [0.2, 0.25) is 0 Å². The Hall–Kier alpha value is -7.10. The molecule has 9 aromatic rings. The van der Waals surface area contributed by atoms with Gasteiger partial charge in [-0.05, 0) is 97.4 Å². The number of ketones is 1. The number of aromatic nitrogens is 1. The molecule has 54 heavy (non-hydrogen) atoms. The molecule has 1 aliphatic heterocycles. The van der Waals surface area contributed by atoms with Gasteiger partial charge in [0.2, 0.25) is 0 Å². The van der Waals surface area contributed by atoms with Gasteiger partial charge < -0.3 is 0 Å². The van der Waals surface area contributed by atoms with E-state index in [1.165, 1.54) is 0 Å². The van der Waals surface area contributed by atoms with Crippen LogP contribution in [0, 0.1) is 0 Å². The lowest BCUT2D eigenvalue weighted by atomic mass is 9.57. The van der Waals surface area contributed by atoms with Crippen LogP contribution in [0.3, 0.4) is 0 Å². The van der Waals surface area contributed by atoms with E-state index < -0.39 is 5.41 Å². The number of benzene rings is 8. The van der Waals surface area contributed by atoms with Gasteiger partial charge in [0, 0.05) is 21.9 Å².